The second-order valence-electron chi connectivity index (χ2n) is 20.1. The number of likely N-dealkylation sites (N-methyl/N-ethyl adjacent to an activating group) is 2. The van der Waals surface area contributed by atoms with E-state index in [1.807, 2.05) is 94.1 Å². The molecule has 0 aromatic heterocycles. The maximum atomic E-state index is 14.7. The van der Waals surface area contributed by atoms with E-state index in [-0.39, 0.29) is 78.7 Å². The topological polar surface area (TPSA) is 150 Å². The number of amides is 4. The van der Waals surface area contributed by atoms with Crippen LogP contribution >= 0.6 is 0 Å². The van der Waals surface area contributed by atoms with Crippen LogP contribution in [0.15, 0.2) is 78.9 Å². The second kappa shape index (κ2) is 24.6. The fourth-order valence-electron chi connectivity index (χ4n) is 10.8. The second-order valence-corrected chi connectivity index (χ2v) is 20.1. The number of rotatable bonds is 23. The molecule has 5 rings (SSSR count). The molecule has 2 aliphatic rings. The molecular weight excluding hydrogens is 859 g/mol. The molecule has 1 fully saturated rings. The van der Waals surface area contributed by atoms with Gasteiger partial charge in [-0.05, 0) is 78.2 Å². The van der Waals surface area contributed by atoms with E-state index in [0.29, 0.717) is 13.0 Å². The minimum atomic E-state index is -0.927. The van der Waals surface area contributed by atoms with E-state index in [4.69, 9.17) is 14.2 Å². The van der Waals surface area contributed by atoms with E-state index in [2.05, 4.69) is 62.6 Å². The van der Waals surface area contributed by atoms with Crippen molar-refractivity contribution in [2.75, 3.05) is 41.5 Å². The van der Waals surface area contributed by atoms with Crippen LogP contribution in [0.5, 0.6) is 0 Å². The van der Waals surface area contributed by atoms with Gasteiger partial charge < -0.3 is 39.8 Å². The van der Waals surface area contributed by atoms with E-state index in [0.717, 1.165) is 40.7 Å². The molecule has 0 radical (unpaired) electrons. The third-order valence-corrected chi connectivity index (χ3v) is 15.0. The fraction of sp³-hybridized carbons (Fsp3) is 0.600. The summed E-state index contributed by atoms with van der Waals surface area (Å²) in [7, 11) is 6.57. The number of likely N-dealkylation sites (tertiary alicyclic amines) is 1. The molecule has 68 heavy (non-hydrogen) atoms. The summed E-state index contributed by atoms with van der Waals surface area (Å²) >= 11 is 0. The van der Waals surface area contributed by atoms with Crippen molar-refractivity contribution in [3.05, 3.63) is 95.6 Å². The molecule has 13 nitrogen and oxygen atoms in total. The molecule has 4 amide bonds. The third kappa shape index (κ3) is 12.3. The highest BCUT2D eigenvalue weighted by atomic mass is 16.6. The molecule has 13 heteroatoms. The lowest BCUT2D eigenvalue weighted by atomic mass is 9.88. The SMILES string of the molecule is CC[C@H](C)[C@@H]([C@@H](CC(=O)N1CCC[C@H]1[C@H](OC)[C@@H](C)C(C)N[C@H](C)[C@@H](O)c1ccccc1)OC)N(C)C(=O)[C@@H](NC(=O)[C@H](C(C)C)N(C)C(=O)OCC1c2ccccc2-c2ccccc21)C(C)C. The lowest BCUT2D eigenvalue weighted by molar-refractivity contribution is -0.147. The summed E-state index contributed by atoms with van der Waals surface area (Å²) in [5.41, 5.74) is 5.28. The van der Waals surface area contributed by atoms with E-state index in [9.17, 15) is 24.3 Å². The van der Waals surface area contributed by atoms with Crippen LogP contribution in [-0.2, 0) is 28.6 Å². The summed E-state index contributed by atoms with van der Waals surface area (Å²) < 4.78 is 18.3. The van der Waals surface area contributed by atoms with E-state index in [1.165, 1.54) is 4.90 Å². The largest absolute Gasteiger partial charge is 0.448 e. The van der Waals surface area contributed by atoms with Gasteiger partial charge in [0, 0.05) is 52.9 Å². The van der Waals surface area contributed by atoms with Crippen LogP contribution in [0.4, 0.5) is 4.79 Å². The average molecular weight is 940 g/mol. The number of hydrogen-bond donors (Lipinski definition) is 3. The van der Waals surface area contributed by atoms with E-state index in [1.54, 1.807) is 33.2 Å². The van der Waals surface area contributed by atoms with Crippen LogP contribution < -0.4 is 10.6 Å². The number of methoxy groups -OCH3 is 2. The van der Waals surface area contributed by atoms with Gasteiger partial charge in [-0.1, -0.05) is 134 Å². The molecule has 1 aliphatic carbocycles. The van der Waals surface area contributed by atoms with Crippen LogP contribution in [0.3, 0.4) is 0 Å². The molecule has 1 unspecified atom stereocenters. The molecule has 3 aromatic rings. The minimum Gasteiger partial charge on any atom is -0.448 e. The molecule has 1 heterocycles. The first-order valence-electron chi connectivity index (χ1n) is 24.9. The predicted octanol–water partition coefficient (Wildman–Crippen LogP) is 8.05. The summed E-state index contributed by atoms with van der Waals surface area (Å²) in [5.74, 6) is -1.64. The zero-order valence-electron chi connectivity index (χ0n) is 43.0. The highest BCUT2D eigenvalue weighted by Gasteiger charge is 2.43. The molecular formula is C55H81N5O8. The number of ether oxygens (including phenoxy) is 3. The summed E-state index contributed by atoms with van der Waals surface area (Å²) in [6.07, 6.45) is 0.178. The Balaban J connectivity index is 1.25. The summed E-state index contributed by atoms with van der Waals surface area (Å²) in [6, 6.07) is 23.1. The maximum Gasteiger partial charge on any atom is 0.410 e. The predicted molar refractivity (Wildman–Crippen MR) is 268 cm³/mol. The van der Waals surface area contributed by atoms with Gasteiger partial charge in [0.2, 0.25) is 17.7 Å². The summed E-state index contributed by atoms with van der Waals surface area (Å²) in [5, 5.41) is 17.7. The smallest absolute Gasteiger partial charge is 0.410 e. The zero-order chi connectivity index (χ0) is 50.0. The first kappa shape index (κ1) is 54.1. The Morgan fingerprint density at radius 2 is 1.37 bits per heavy atom. The Bertz CT molecular complexity index is 2070. The zero-order valence-corrected chi connectivity index (χ0v) is 43.0. The van der Waals surface area contributed by atoms with E-state index >= 15 is 0 Å². The van der Waals surface area contributed by atoms with Gasteiger partial charge >= 0.3 is 6.09 Å². The minimum absolute atomic E-state index is 0.00386. The number of aliphatic hydroxyl groups excluding tert-OH is 1. The lowest BCUT2D eigenvalue weighted by Gasteiger charge is -2.41. The van der Waals surface area contributed by atoms with Gasteiger partial charge in [-0.25, -0.2) is 4.79 Å². The number of nitrogens with one attached hydrogen (secondary N) is 2. The molecule has 1 saturated heterocycles. The number of carbonyl (C=O) groups excluding carboxylic acids is 4. The third-order valence-electron chi connectivity index (χ3n) is 15.0. The van der Waals surface area contributed by atoms with Gasteiger partial charge in [-0.3, -0.25) is 19.3 Å². The quantitative estimate of drug-likeness (QED) is 0.0859. The highest BCUT2D eigenvalue weighted by Crippen LogP contribution is 2.44. The maximum absolute atomic E-state index is 14.7. The van der Waals surface area contributed by atoms with Crippen molar-refractivity contribution >= 4 is 23.8 Å². The Morgan fingerprint density at radius 3 is 1.91 bits per heavy atom. The van der Waals surface area contributed by atoms with Crippen LogP contribution in [0, 0.1) is 23.7 Å². The molecule has 374 valence electrons. The molecule has 3 N–H and O–H groups in total. The molecule has 11 atom stereocenters. The van der Waals surface area contributed by atoms with Crippen molar-refractivity contribution in [1.82, 2.24) is 25.3 Å². The van der Waals surface area contributed by atoms with Crippen molar-refractivity contribution in [3.63, 3.8) is 0 Å². The van der Waals surface area contributed by atoms with Gasteiger partial charge in [0.25, 0.3) is 0 Å². The number of fused-ring (bicyclic) bond motifs is 3. The lowest BCUT2D eigenvalue weighted by Crippen LogP contribution is -2.60. The normalized spacial score (nSPS) is 19.2. The fourth-order valence-corrected chi connectivity index (χ4v) is 10.8. The monoisotopic (exact) mass is 940 g/mol. The van der Waals surface area contributed by atoms with Gasteiger partial charge in [-0.15, -0.1) is 0 Å². The number of aliphatic hydroxyl groups is 1. The van der Waals surface area contributed by atoms with Crippen LogP contribution in [-0.4, -0.2) is 134 Å². The Labute approximate surface area is 406 Å². The van der Waals surface area contributed by atoms with Gasteiger partial charge in [0.15, 0.2) is 0 Å². The van der Waals surface area contributed by atoms with Crippen LogP contribution in [0.2, 0.25) is 0 Å². The van der Waals surface area contributed by atoms with Gasteiger partial charge in [0.1, 0.15) is 18.7 Å². The van der Waals surface area contributed by atoms with Crippen LogP contribution in [0.1, 0.15) is 117 Å². The van der Waals surface area contributed by atoms with E-state index < -0.39 is 42.3 Å². The Hall–Kier alpha value is -4.82. The molecule has 0 saturated carbocycles. The molecule has 1 aliphatic heterocycles. The number of carbonyl (C=O) groups is 4. The van der Waals surface area contributed by atoms with Crippen molar-refractivity contribution in [1.29, 1.82) is 0 Å². The Kier molecular flexibility index (Phi) is 19.6. The van der Waals surface area contributed by atoms with Crippen LogP contribution in [0.25, 0.3) is 11.1 Å². The first-order chi connectivity index (χ1) is 32.4. The summed E-state index contributed by atoms with van der Waals surface area (Å²) in [4.78, 5) is 62.2. The first-order valence-corrected chi connectivity index (χ1v) is 24.9. The standard InChI is InChI=1S/C55H81N5O8/c1-14-35(6)50(46(66-12)31-47(61)60-30-22-29-45(60)52(67-13)36(7)37(8)56-38(9)51(62)39-23-16-15-17-24-39)58(10)54(64)48(33(2)3)57-53(63)49(34(4)5)59(11)55(65)68-32-44-42-27-20-18-25-40(42)41-26-19-21-28-43(41)44/h15-21,23-28,33-38,44-46,48-52,56,62H,14,22,29-32H2,1-13H3,(H,57,63)/t35-,36-,37?,38+,45-,46+,48-,49-,50-,51+,52+/m0/s1. The molecule has 0 spiro atoms. The molecule has 3 aromatic carbocycles. The van der Waals surface area contributed by atoms with Crippen molar-refractivity contribution in [3.8, 4) is 11.1 Å². The van der Waals surface area contributed by atoms with Gasteiger partial charge in [0.05, 0.1) is 36.8 Å². The van der Waals surface area contributed by atoms with Crippen molar-refractivity contribution in [2.24, 2.45) is 23.7 Å². The summed E-state index contributed by atoms with van der Waals surface area (Å²) in [6.45, 7) is 18.5. The molecule has 0 bridgehead atoms. The van der Waals surface area contributed by atoms with Crippen molar-refractivity contribution in [2.45, 2.75) is 148 Å². The van der Waals surface area contributed by atoms with Crippen molar-refractivity contribution < 1.29 is 38.5 Å². The highest BCUT2D eigenvalue weighted by molar-refractivity contribution is 5.92. The van der Waals surface area contributed by atoms with Gasteiger partial charge in [-0.2, -0.15) is 0 Å². The Morgan fingerprint density at radius 1 is 0.779 bits per heavy atom. The number of nitrogens with zero attached hydrogens (tertiary/aromatic N) is 3. The number of hydrogen-bond acceptors (Lipinski definition) is 9. The number of benzene rings is 3. The average Bonchev–Trinajstić information content (AvgIpc) is 3.95.